The zero-order valence-corrected chi connectivity index (χ0v) is 17.3. The molecule has 2 bridgehead atoms. The molecule has 0 spiro atoms. The summed E-state index contributed by atoms with van der Waals surface area (Å²) in [7, 11) is 0. The van der Waals surface area contributed by atoms with E-state index in [1.807, 2.05) is 6.07 Å². The van der Waals surface area contributed by atoms with Crippen LogP contribution in [0.1, 0.15) is 75.3 Å². The second kappa shape index (κ2) is 8.17. The fourth-order valence-corrected chi connectivity index (χ4v) is 6.49. The number of benzene rings is 1. The summed E-state index contributed by atoms with van der Waals surface area (Å²) in [5.74, 6) is 1.54. The topological polar surface area (TPSA) is 56.8 Å². The Kier molecular flexibility index (Phi) is 5.42. The summed E-state index contributed by atoms with van der Waals surface area (Å²) >= 11 is 0. The third kappa shape index (κ3) is 3.74. The molecule has 1 N–H and O–H groups in total. The Labute approximate surface area is 173 Å². The molecule has 5 nitrogen and oxygen atoms in total. The Morgan fingerprint density at radius 3 is 2.83 bits per heavy atom. The fraction of sp³-hybridized carbons (Fsp3) is 0.708. The predicted molar refractivity (Wildman–Crippen MR) is 110 cm³/mol. The molecular weight excluding hydrogens is 366 g/mol. The lowest BCUT2D eigenvalue weighted by molar-refractivity contribution is -0.0226. The average molecular weight is 400 g/mol. The van der Waals surface area contributed by atoms with Gasteiger partial charge in [0.2, 0.25) is 6.79 Å². The number of carbonyl (C=O) groups excluding carboxylic acids is 1. The van der Waals surface area contributed by atoms with E-state index < -0.39 is 6.16 Å². The molecule has 5 heteroatoms. The minimum Gasteiger partial charge on any atom is -0.457 e. The van der Waals surface area contributed by atoms with E-state index in [1.165, 1.54) is 49.7 Å². The Bertz CT molecular complexity index is 740. The Hall–Kier alpha value is -1.75. The third-order valence-electron chi connectivity index (χ3n) is 7.84. The molecule has 1 heterocycles. The molecule has 3 fully saturated rings. The minimum absolute atomic E-state index is 0.00943. The number of hydrogen-bond acceptors (Lipinski definition) is 5. The summed E-state index contributed by atoms with van der Waals surface area (Å²) in [5, 5.41) is 3.78. The first-order valence-corrected chi connectivity index (χ1v) is 11.6. The van der Waals surface area contributed by atoms with Gasteiger partial charge >= 0.3 is 6.16 Å². The van der Waals surface area contributed by atoms with Gasteiger partial charge in [0.25, 0.3) is 0 Å². The standard InChI is InChI=1S/C24H33NO4/c26-23(29-18-6-2-1-3-7-18)28-16-27-19-10-9-17-14-22-20-8-4-5-11-24(20,12-13-25-22)21(17)15-19/h9-10,15,18,20,22,25H,1-8,11-14,16H2/t20-,22-,24+/m1/s1. The molecule has 3 aliphatic carbocycles. The fourth-order valence-electron chi connectivity index (χ4n) is 6.49. The van der Waals surface area contributed by atoms with E-state index in [-0.39, 0.29) is 12.9 Å². The SMILES string of the molecule is O=C(OCOc1ccc2c(c1)[C@]13CCCC[C@@H]1[C@@H](C2)NCC3)OC1CCCCC1. The molecule has 0 radical (unpaired) electrons. The highest BCUT2D eigenvalue weighted by atomic mass is 16.8. The summed E-state index contributed by atoms with van der Waals surface area (Å²) in [6.45, 7) is 1.02. The van der Waals surface area contributed by atoms with E-state index in [4.69, 9.17) is 14.2 Å². The molecular formula is C24H33NO4. The molecule has 1 saturated heterocycles. The van der Waals surface area contributed by atoms with Crippen LogP contribution in [0.5, 0.6) is 5.75 Å². The van der Waals surface area contributed by atoms with Crippen molar-refractivity contribution in [3.63, 3.8) is 0 Å². The second-order valence-electron chi connectivity index (χ2n) is 9.38. The molecule has 29 heavy (non-hydrogen) atoms. The van der Waals surface area contributed by atoms with Crippen LogP contribution in [0.25, 0.3) is 0 Å². The number of nitrogens with one attached hydrogen (secondary N) is 1. The molecule has 4 aliphatic rings. The van der Waals surface area contributed by atoms with E-state index in [9.17, 15) is 4.79 Å². The zero-order valence-electron chi connectivity index (χ0n) is 17.3. The Balaban J connectivity index is 1.23. The lowest BCUT2D eigenvalue weighted by Gasteiger charge is -2.56. The molecule has 5 rings (SSSR count). The maximum absolute atomic E-state index is 11.9. The highest BCUT2D eigenvalue weighted by Crippen LogP contribution is 2.54. The largest absolute Gasteiger partial charge is 0.511 e. The van der Waals surface area contributed by atoms with Crippen molar-refractivity contribution in [1.82, 2.24) is 5.32 Å². The first kappa shape index (κ1) is 19.2. The molecule has 158 valence electrons. The molecule has 1 aromatic rings. The van der Waals surface area contributed by atoms with Crippen LogP contribution < -0.4 is 10.1 Å². The summed E-state index contributed by atoms with van der Waals surface area (Å²) in [6, 6.07) is 7.09. The van der Waals surface area contributed by atoms with Crippen molar-refractivity contribution in [2.75, 3.05) is 13.3 Å². The quantitative estimate of drug-likeness (QED) is 0.579. The van der Waals surface area contributed by atoms with E-state index in [2.05, 4.69) is 17.4 Å². The van der Waals surface area contributed by atoms with Crippen molar-refractivity contribution in [2.45, 2.75) is 88.2 Å². The second-order valence-corrected chi connectivity index (χ2v) is 9.38. The van der Waals surface area contributed by atoms with Gasteiger partial charge < -0.3 is 19.5 Å². The predicted octanol–water partition coefficient (Wildman–Crippen LogP) is 4.85. The first-order chi connectivity index (χ1) is 14.2. The van der Waals surface area contributed by atoms with Crippen LogP contribution >= 0.6 is 0 Å². The maximum Gasteiger partial charge on any atom is 0.511 e. The van der Waals surface area contributed by atoms with E-state index >= 15 is 0 Å². The molecule has 0 unspecified atom stereocenters. The average Bonchev–Trinajstić information content (AvgIpc) is 2.75. The number of fused-ring (bicyclic) bond motifs is 1. The van der Waals surface area contributed by atoms with Crippen molar-refractivity contribution >= 4 is 6.16 Å². The minimum atomic E-state index is -0.609. The van der Waals surface area contributed by atoms with Crippen molar-refractivity contribution < 1.29 is 19.0 Å². The molecule has 0 amide bonds. The monoisotopic (exact) mass is 399 g/mol. The number of carbonyl (C=O) groups is 1. The van der Waals surface area contributed by atoms with E-state index in [1.54, 1.807) is 0 Å². The first-order valence-electron chi connectivity index (χ1n) is 11.6. The van der Waals surface area contributed by atoms with Gasteiger partial charge in [0.1, 0.15) is 11.9 Å². The number of hydrogen-bond donors (Lipinski definition) is 1. The Morgan fingerprint density at radius 1 is 1.07 bits per heavy atom. The van der Waals surface area contributed by atoms with Crippen molar-refractivity contribution in [3.8, 4) is 5.75 Å². The molecule has 3 atom stereocenters. The number of piperidine rings is 1. The van der Waals surface area contributed by atoms with Crippen LogP contribution in [-0.2, 0) is 21.3 Å². The Morgan fingerprint density at radius 2 is 1.93 bits per heavy atom. The lowest BCUT2D eigenvalue weighted by Crippen LogP contribution is -2.59. The van der Waals surface area contributed by atoms with Crippen molar-refractivity contribution in [2.24, 2.45) is 5.92 Å². The normalized spacial score (nSPS) is 31.3. The van der Waals surface area contributed by atoms with Crippen LogP contribution in [0.4, 0.5) is 4.79 Å². The van der Waals surface area contributed by atoms with Gasteiger partial charge in [0, 0.05) is 11.5 Å². The van der Waals surface area contributed by atoms with Crippen LogP contribution in [0.15, 0.2) is 18.2 Å². The van der Waals surface area contributed by atoms with Gasteiger partial charge in [0.15, 0.2) is 0 Å². The maximum atomic E-state index is 11.9. The van der Waals surface area contributed by atoms with Gasteiger partial charge in [0.05, 0.1) is 0 Å². The smallest absolute Gasteiger partial charge is 0.457 e. The number of ether oxygens (including phenoxy) is 3. The van der Waals surface area contributed by atoms with Gasteiger partial charge in [-0.3, -0.25) is 0 Å². The van der Waals surface area contributed by atoms with Crippen LogP contribution in [0.3, 0.4) is 0 Å². The third-order valence-corrected chi connectivity index (χ3v) is 7.84. The van der Waals surface area contributed by atoms with Crippen LogP contribution in [0, 0.1) is 5.92 Å². The van der Waals surface area contributed by atoms with Crippen molar-refractivity contribution in [1.29, 1.82) is 0 Å². The van der Waals surface area contributed by atoms with Gasteiger partial charge in [-0.15, -0.1) is 0 Å². The molecule has 1 aliphatic heterocycles. The number of rotatable bonds is 4. The molecule has 2 saturated carbocycles. The lowest BCUT2D eigenvalue weighted by atomic mass is 9.53. The van der Waals surface area contributed by atoms with Gasteiger partial charge in [-0.05, 0) is 87.1 Å². The van der Waals surface area contributed by atoms with Gasteiger partial charge in [-0.2, -0.15) is 0 Å². The van der Waals surface area contributed by atoms with Crippen LogP contribution in [-0.4, -0.2) is 31.6 Å². The van der Waals surface area contributed by atoms with Crippen molar-refractivity contribution in [3.05, 3.63) is 29.3 Å². The summed E-state index contributed by atoms with van der Waals surface area (Å²) in [5.41, 5.74) is 3.26. The summed E-state index contributed by atoms with van der Waals surface area (Å²) < 4.78 is 16.4. The van der Waals surface area contributed by atoms with Gasteiger partial charge in [-0.1, -0.05) is 25.3 Å². The summed E-state index contributed by atoms with van der Waals surface area (Å²) in [4.78, 5) is 11.9. The summed E-state index contributed by atoms with van der Waals surface area (Å²) in [6.07, 6.45) is 12.4. The molecule has 0 aromatic heterocycles. The van der Waals surface area contributed by atoms with Crippen LogP contribution in [0.2, 0.25) is 0 Å². The van der Waals surface area contributed by atoms with Gasteiger partial charge in [-0.25, -0.2) is 4.79 Å². The highest BCUT2D eigenvalue weighted by Gasteiger charge is 2.51. The molecule has 1 aromatic carbocycles. The van der Waals surface area contributed by atoms with E-state index in [0.29, 0.717) is 11.5 Å². The highest BCUT2D eigenvalue weighted by molar-refractivity contribution is 5.60. The zero-order chi connectivity index (χ0) is 19.7. The van der Waals surface area contributed by atoms with E-state index in [0.717, 1.165) is 50.3 Å².